The molecule has 0 aliphatic rings. The first kappa shape index (κ1) is 22.8. The molecule has 0 saturated carbocycles. The summed E-state index contributed by atoms with van der Waals surface area (Å²) < 4.78 is 58.1. The highest BCUT2D eigenvalue weighted by Gasteiger charge is 2.14. The number of alkyl halides is 2. The van der Waals surface area contributed by atoms with E-state index in [1.165, 1.54) is 17.2 Å². The van der Waals surface area contributed by atoms with E-state index in [1.54, 1.807) is 18.2 Å². The highest BCUT2D eigenvalue weighted by atomic mass is 19.3. The van der Waals surface area contributed by atoms with Crippen molar-refractivity contribution < 1.29 is 22.3 Å². The van der Waals surface area contributed by atoms with Gasteiger partial charge in [0.2, 0.25) is 0 Å². The van der Waals surface area contributed by atoms with Gasteiger partial charge in [-0.05, 0) is 59.0 Å². The van der Waals surface area contributed by atoms with Crippen LogP contribution in [0.3, 0.4) is 0 Å². The smallest absolute Gasteiger partial charge is 0.387 e. The van der Waals surface area contributed by atoms with Crippen LogP contribution in [0.4, 0.5) is 17.6 Å². The Balaban J connectivity index is 1.53. The largest absolute Gasteiger partial charge is 0.432 e. The van der Waals surface area contributed by atoms with Gasteiger partial charge in [-0.25, -0.2) is 8.78 Å². The van der Waals surface area contributed by atoms with Crippen molar-refractivity contribution in [3.63, 3.8) is 0 Å². The second kappa shape index (κ2) is 10.1. The Morgan fingerprint density at radius 1 is 0.727 bits per heavy atom. The minimum atomic E-state index is -3.13. The van der Waals surface area contributed by atoms with E-state index in [1.807, 2.05) is 12.1 Å². The highest BCUT2D eigenvalue weighted by Crippen LogP contribution is 2.32. The molecule has 0 aliphatic carbocycles. The summed E-state index contributed by atoms with van der Waals surface area (Å²) >= 11 is 0. The lowest BCUT2D eigenvalue weighted by molar-refractivity contribution is -0.0521. The maximum absolute atomic E-state index is 15.2. The van der Waals surface area contributed by atoms with Crippen LogP contribution in [0.25, 0.3) is 21.9 Å². The molecule has 0 spiro atoms. The van der Waals surface area contributed by atoms with Crippen LogP contribution in [0.5, 0.6) is 5.75 Å². The Morgan fingerprint density at radius 2 is 1.39 bits per heavy atom. The minimum Gasteiger partial charge on any atom is -0.432 e. The van der Waals surface area contributed by atoms with Gasteiger partial charge in [-0.1, -0.05) is 74.0 Å². The van der Waals surface area contributed by atoms with Crippen LogP contribution < -0.4 is 4.74 Å². The molecular weight excluding hydrogens is 428 g/mol. The van der Waals surface area contributed by atoms with E-state index in [9.17, 15) is 13.2 Å². The summed E-state index contributed by atoms with van der Waals surface area (Å²) in [7, 11) is 0. The first-order valence-electron chi connectivity index (χ1n) is 11.0. The number of fused-ring (bicyclic) bond motifs is 1. The summed E-state index contributed by atoms with van der Waals surface area (Å²) in [5.41, 5.74) is 4.16. The molecule has 0 aliphatic heterocycles. The normalized spacial score (nSPS) is 11.3. The number of halogens is 4. The molecule has 1 nitrogen and oxygen atoms in total. The molecule has 0 heterocycles. The topological polar surface area (TPSA) is 9.23 Å². The number of hydrogen-bond donors (Lipinski definition) is 0. The number of aryl methyl sites for hydroxylation is 3. The summed E-state index contributed by atoms with van der Waals surface area (Å²) in [5, 5.41) is 1.18. The summed E-state index contributed by atoms with van der Waals surface area (Å²) in [5.74, 6) is -2.02. The van der Waals surface area contributed by atoms with Crippen LogP contribution in [0, 0.1) is 11.6 Å². The van der Waals surface area contributed by atoms with Crippen molar-refractivity contribution in [2.45, 2.75) is 39.2 Å². The summed E-state index contributed by atoms with van der Waals surface area (Å²) in [6, 6.07) is 21.1. The summed E-state index contributed by atoms with van der Waals surface area (Å²) in [6.07, 6.45) is 3.94. The second-order valence-corrected chi connectivity index (χ2v) is 8.07. The van der Waals surface area contributed by atoms with Crippen LogP contribution in [-0.2, 0) is 19.3 Å². The van der Waals surface area contributed by atoms with E-state index < -0.39 is 24.0 Å². The molecule has 0 N–H and O–H groups in total. The Hall–Kier alpha value is -3.34. The fraction of sp³-hybridized carbons (Fsp3) is 0.214. The second-order valence-electron chi connectivity index (χ2n) is 8.07. The molecule has 0 radical (unpaired) electrons. The van der Waals surface area contributed by atoms with Crippen molar-refractivity contribution in [1.29, 1.82) is 0 Å². The Bertz CT molecular complexity index is 1250. The summed E-state index contributed by atoms with van der Waals surface area (Å²) in [6.45, 7) is -0.962. The maximum Gasteiger partial charge on any atom is 0.387 e. The molecule has 0 atom stereocenters. The molecule has 0 aromatic heterocycles. The van der Waals surface area contributed by atoms with Crippen molar-refractivity contribution in [1.82, 2.24) is 0 Å². The van der Waals surface area contributed by atoms with Gasteiger partial charge >= 0.3 is 6.61 Å². The van der Waals surface area contributed by atoms with Crippen molar-refractivity contribution in [3.8, 4) is 16.9 Å². The zero-order valence-corrected chi connectivity index (χ0v) is 18.3. The van der Waals surface area contributed by atoms with E-state index in [-0.39, 0.29) is 11.1 Å². The van der Waals surface area contributed by atoms with Gasteiger partial charge in [-0.15, -0.1) is 0 Å². The quantitative estimate of drug-likeness (QED) is 0.245. The minimum absolute atomic E-state index is 0.199. The molecule has 170 valence electrons. The zero-order chi connectivity index (χ0) is 23.4. The van der Waals surface area contributed by atoms with Crippen molar-refractivity contribution in [3.05, 3.63) is 101 Å². The van der Waals surface area contributed by atoms with E-state index in [0.717, 1.165) is 48.8 Å². The standard InChI is InChI=1S/C28H24F4O/c1-2-3-18-4-6-19(7-5-18)8-9-20-10-13-23-21(16-20)11-14-24(27(23)30)22-12-15-26(25(29)17-22)33-28(31)32/h4-7,10-17,28H,2-3,8-9H2,1H3. The average molecular weight is 452 g/mol. The van der Waals surface area contributed by atoms with Crippen molar-refractivity contribution >= 4 is 10.8 Å². The first-order valence-corrected chi connectivity index (χ1v) is 11.0. The number of rotatable bonds is 8. The lowest BCUT2D eigenvalue weighted by Gasteiger charge is -2.11. The molecule has 0 bridgehead atoms. The van der Waals surface area contributed by atoms with Crippen LogP contribution in [0.2, 0.25) is 0 Å². The fourth-order valence-electron chi connectivity index (χ4n) is 4.03. The molecule has 0 unspecified atom stereocenters. The van der Waals surface area contributed by atoms with Crippen molar-refractivity contribution in [2.24, 2.45) is 0 Å². The molecule has 4 aromatic carbocycles. The number of ether oxygens (including phenoxy) is 1. The number of hydrogen-bond acceptors (Lipinski definition) is 1. The Labute approximate surface area is 190 Å². The molecule has 0 saturated heterocycles. The molecular formula is C28H24F4O. The van der Waals surface area contributed by atoms with E-state index in [0.29, 0.717) is 5.39 Å². The zero-order valence-electron chi connectivity index (χ0n) is 18.3. The Morgan fingerprint density at radius 3 is 2.06 bits per heavy atom. The van der Waals surface area contributed by atoms with E-state index >= 15 is 4.39 Å². The molecule has 0 amide bonds. The number of benzene rings is 4. The predicted molar refractivity (Wildman–Crippen MR) is 124 cm³/mol. The van der Waals surface area contributed by atoms with Gasteiger partial charge in [-0.2, -0.15) is 8.78 Å². The SMILES string of the molecule is CCCc1ccc(CCc2ccc3c(F)c(-c4ccc(OC(F)F)c(F)c4)ccc3c2)cc1. The van der Waals surface area contributed by atoms with Crippen molar-refractivity contribution in [2.75, 3.05) is 0 Å². The van der Waals surface area contributed by atoms with Gasteiger partial charge in [0.05, 0.1) is 0 Å². The van der Waals surface area contributed by atoms with Gasteiger partial charge in [0.15, 0.2) is 11.6 Å². The lowest BCUT2D eigenvalue weighted by atomic mass is 9.97. The van der Waals surface area contributed by atoms with E-state index in [4.69, 9.17) is 0 Å². The summed E-state index contributed by atoms with van der Waals surface area (Å²) in [4.78, 5) is 0. The molecule has 33 heavy (non-hydrogen) atoms. The van der Waals surface area contributed by atoms with Gasteiger partial charge in [0.25, 0.3) is 0 Å². The third-order valence-corrected chi connectivity index (χ3v) is 5.74. The maximum atomic E-state index is 15.2. The highest BCUT2D eigenvalue weighted by molar-refractivity contribution is 5.88. The molecule has 4 rings (SSSR count). The predicted octanol–water partition coefficient (Wildman–Crippen LogP) is 8.12. The third-order valence-electron chi connectivity index (χ3n) is 5.74. The molecule has 4 aromatic rings. The lowest BCUT2D eigenvalue weighted by Crippen LogP contribution is -2.03. The van der Waals surface area contributed by atoms with Gasteiger partial charge < -0.3 is 4.74 Å². The van der Waals surface area contributed by atoms with Gasteiger partial charge in [-0.3, -0.25) is 0 Å². The van der Waals surface area contributed by atoms with Gasteiger partial charge in [0, 0.05) is 10.9 Å². The van der Waals surface area contributed by atoms with Crippen LogP contribution in [0.15, 0.2) is 72.8 Å². The fourth-order valence-corrected chi connectivity index (χ4v) is 4.03. The monoisotopic (exact) mass is 452 g/mol. The Kier molecular flexibility index (Phi) is 6.97. The van der Waals surface area contributed by atoms with Gasteiger partial charge in [0.1, 0.15) is 5.82 Å². The average Bonchev–Trinajstić information content (AvgIpc) is 2.80. The third kappa shape index (κ3) is 5.36. The van der Waals surface area contributed by atoms with E-state index in [2.05, 4.69) is 35.9 Å². The first-order chi connectivity index (χ1) is 15.9. The van der Waals surface area contributed by atoms with Crippen LogP contribution in [-0.4, -0.2) is 6.61 Å². The molecule has 0 fully saturated rings. The van der Waals surface area contributed by atoms with Crippen LogP contribution in [0.1, 0.15) is 30.0 Å². The molecule has 5 heteroatoms. The van der Waals surface area contributed by atoms with Crippen LogP contribution >= 0.6 is 0 Å².